The molecular weight excluding hydrogens is 368 g/mol. The van der Waals surface area contributed by atoms with Gasteiger partial charge in [0.1, 0.15) is 24.9 Å². The van der Waals surface area contributed by atoms with Gasteiger partial charge in [0.05, 0.1) is 6.61 Å². The highest BCUT2D eigenvalue weighted by molar-refractivity contribution is 5.66. The summed E-state index contributed by atoms with van der Waals surface area (Å²) in [5, 5.41) is 0. The molecular formula is C20H26O8. The number of benzene rings is 1. The number of esters is 2. The van der Waals surface area contributed by atoms with Gasteiger partial charge in [-0.1, -0.05) is 30.3 Å². The van der Waals surface area contributed by atoms with Gasteiger partial charge in [0, 0.05) is 13.8 Å². The fourth-order valence-electron chi connectivity index (χ4n) is 3.38. The third kappa shape index (κ3) is 5.08. The lowest BCUT2D eigenvalue weighted by molar-refractivity contribution is -0.290. The van der Waals surface area contributed by atoms with Crippen LogP contribution in [0, 0.1) is 0 Å². The molecule has 2 heterocycles. The topological polar surface area (TPSA) is 89.5 Å². The zero-order valence-corrected chi connectivity index (χ0v) is 16.5. The molecule has 0 saturated carbocycles. The van der Waals surface area contributed by atoms with E-state index in [4.69, 9.17) is 28.4 Å². The molecule has 0 unspecified atom stereocenters. The van der Waals surface area contributed by atoms with Crippen LogP contribution in [-0.2, 0) is 44.6 Å². The normalized spacial score (nSPS) is 31.1. The molecule has 1 aromatic rings. The summed E-state index contributed by atoms with van der Waals surface area (Å²) in [6, 6.07) is 9.55. The Labute approximate surface area is 164 Å². The van der Waals surface area contributed by atoms with Crippen molar-refractivity contribution in [3.05, 3.63) is 35.9 Å². The van der Waals surface area contributed by atoms with Crippen LogP contribution in [0.1, 0.15) is 33.3 Å². The van der Waals surface area contributed by atoms with Crippen molar-refractivity contribution >= 4 is 11.9 Å². The Morgan fingerprint density at radius 1 is 1.04 bits per heavy atom. The number of carbonyl (C=O) groups excluding carboxylic acids is 2. The maximum absolute atomic E-state index is 11.7. The number of hydrogen-bond acceptors (Lipinski definition) is 8. The Morgan fingerprint density at radius 2 is 1.71 bits per heavy atom. The summed E-state index contributed by atoms with van der Waals surface area (Å²) in [5.74, 6) is -1.81. The number of rotatable bonds is 6. The fourth-order valence-corrected chi connectivity index (χ4v) is 3.38. The van der Waals surface area contributed by atoms with Crippen LogP contribution < -0.4 is 0 Å². The molecule has 8 heteroatoms. The average Bonchev–Trinajstić information content (AvgIpc) is 2.95. The molecule has 0 N–H and O–H groups in total. The highest BCUT2D eigenvalue weighted by Crippen LogP contribution is 2.39. The van der Waals surface area contributed by atoms with Crippen LogP contribution in [-0.4, -0.2) is 55.0 Å². The van der Waals surface area contributed by atoms with Gasteiger partial charge >= 0.3 is 11.9 Å². The summed E-state index contributed by atoms with van der Waals surface area (Å²) < 4.78 is 34.4. The lowest BCUT2D eigenvalue weighted by Crippen LogP contribution is -2.59. The maximum atomic E-state index is 11.7. The van der Waals surface area contributed by atoms with Gasteiger partial charge in [0.2, 0.25) is 0 Å². The Bertz CT molecular complexity index is 689. The third-order valence-electron chi connectivity index (χ3n) is 4.44. The second kappa shape index (κ2) is 8.57. The van der Waals surface area contributed by atoms with E-state index in [0.717, 1.165) is 5.56 Å². The second-order valence-electron chi connectivity index (χ2n) is 7.28. The zero-order valence-electron chi connectivity index (χ0n) is 16.5. The minimum absolute atomic E-state index is 0.0199. The van der Waals surface area contributed by atoms with E-state index in [0.29, 0.717) is 0 Å². The quantitative estimate of drug-likeness (QED) is 0.677. The molecule has 0 radical (unpaired) electrons. The van der Waals surface area contributed by atoms with Crippen molar-refractivity contribution in [2.45, 2.75) is 70.8 Å². The Hall–Kier alpha value is -2.00. The highest BCUT2D eigenvalue weighted by Gasteiger charge is 2.57. The molecule has 2 saturated heterocycles. The summed E-state index contributed by atoms with van der Waals surface area (Å²) in [6.45, 7) is 6.40. The van der Waals surface area contributed by atoms with Crippen molar-refractivity contribution in [3.63, 3.8) is 0 Å². The predicted molar refractivity (Wildman–Crippen MR) is 95.9 cm³/mol. The van der Waals surface area contributed by atoms with Gasteiger partial charge < -0.3 is 28.4 Å². The van der Waals surface area contributed by atoms with E-state index in [9.17, 15) is 9.59 Å². The molecule has 3 rings (SSSR count). The van der Waals surface area contributed by atoms with Crippen LogP contribution in [0.25, 0.3) is 0 Å². The van der Waals surface area contributed by atoms with Crippen LogP contribution in [0.15, 0.2) is 30.3 Å². The molecule has 2 aliphatic heterocycles. The number of hydrogen-bond donors (Lipinski definition) is 0. The van der Waals surface area contributed by atoms with E-state index in [1.807, 2.05) is 30.3 Å². The molecule has 0 aromatic heterocycles. The molecule has 28 heavy (non-hydrogen) atoms. The van der Waals surface area contributed by atoms with Crippen molar-refractivity contribution < 1.29 is 38.0 Å². The van der Waals surface area contributed by atoms with Gasteiger partial charge in [-0.05, 0) is 19.4 Å². The highest BCUT2D eigenvalue weighted by atomic mass is 16.8. The minimum atomic E-state index is -0.903. The van der Waals surface area contributed by atoms with Crippen molar-refractivity contribution in [1.29, 1.82) is 0 Å². The molecule has 0 bridgehead atoms. The summed E-state index contributed by atoms with van der Waals surface area (Å²) in [4.78, 5) is 22.9. The van der Waals surface area contributed by atoms with E-state index in [1.54, 1.807) is 13.8 Å². The number of fused-ring (bicyclic) bond motifs is 1. The van der Waals surface area contributed by atoms with Crippen molar-refractivity contribution in [1.82, 2.24) is 0 Å². The summed E-state index contributed by atoms with van der Waals surface area (Å²) in [5.41, 5.74) is 0.940. The monoisotopic (exact) mass is 394 g/mol. The minimum Gasteiger partial charge on any atom is -0.463 e. The lowest BCUT2D eigenvalue weighted by atomic mass is 9.99. The largest absolute Gasteiger partial charge is 0.463 e. The Balaban J connectivity index is 1.80. The van der Waals surface area contributed by atoms with Crippen LogP contribution in [0.3, 0.4) is 0 Å². The molecule has 5 atom stereocenters. The number of carbonyl (C=O) groups is 2. The lowest BCUT2D eigenvalue weighted by Gasteiger charge is -2.41. The molecule has 154 valence electrons. The first-order valence-electron chi connectivity index (χ1n) is 9.22. The molecule has 0 spiro atoms. The summed E-state index contributed by atoms with van der Waals surface area (Å²) in [6.07, 6.45) is -3.53. The molecule has 2 aliphatic rings. The van der Waals surface area contributed by atoms with Crippen LogP contribution >= 0.6 is 0 Å². The van der Waals surface area contributed by atoms with Gasteiger partial charge in [0.25, 0.3) is 0 Å². The smallest absolute Gasteiger partial charge is 0.303 e. The van der Waals surface area contributed by atoms with Crippen LogP contribution in [0.4, 0.5) is 0 Å². The van der Waals surface area contributed by atoms with E-state index < -0.39 is 48.4 Å². The van der Waals surface area contributed by atoms with Gasteiger partial charge in [-0.15, -0.1) is 0 Å². The predicted octanol–water partition coefficient (Wildman–Crippen LogP) is 1.94. The first-order chi connectivity index (χ1) is 13.2. The second-order valence-corrected chi connectivity index (χ2v) is 7.28. The fraction of sp³-hybridized carbons (Fsp3) is 0.600. The first kappa shape index (κ1) is 20.7. The van der Waals surface area contributed by atoms with E-state index in [-0.39, 0.29) is 13.2 Å². The van der Waals surface area contributed by atoms with Crippen molar-refractivity contribution in [2.75, 3.05) is 6.61 Å². The van der Waals surface area contributed by atoms with Gasteiger partial charge in [-0.25, -0.2) is 0 Å². The van der Waals surface area contributed by atoms with Crippen LogP contribution in [0.2, 0.25) is 0 Å². The third-order valence-corrected chi connectivity index (χ3v) is 4.44. The van der Waals surface area contributed by atoms with E-state index >= 15 is 0 Å². The van der Waals surface area contributed by atoms with Crippen LogP contribution in [0.5, 0.6) is 0 Å². The summed E-state index contributed by atoms with van der Waals surface area (Å²) in [7, 11) is 0. The number of ether oxygens (including phenoxy) is 6. The zero-order chi connectivity index (χ0) is 20.3. The van der Waals surface area contributed by atoms with E-state index in [2.05, 4.69) is 0 Å². The van der Waals surface area contributed by atoms with E-state index in [1.165, 1.54) is 13.8 Å². The summed E-state index contributed by atoms with van der Waals surface area (Å²) >= 11 is 0. The van der Waals surface area contributed by atoms with Crippen molar-refractivity contribution in [2.24, 2.45) is 0 Å². The molecule has 8 nitrogen and oxygen atoms in total. The molecule has 1 aromatic carbocycles. The molecule has 2 fully saturated rings. The standard InChI is InChI=1S/C20H26O8/c1-12(21)23-11-15-16-17(28-20(3,4)27-16)18(25-13(2)22)19(26-15)24-10-14-8-6-5-7-9-14/h5-9,15-19H,10-11H2,1-4H3/t15-,16-,17-,18-,19-/m1/s1. The van der Waals surface area contributed by atoms with Gasteiger partial charge in [0.15, 0.2) is 18.2 Å². The maximum Gasteiger partial charge on any atom is 0.303 e. The first-order valence-corrected chi connectivity index (χ1v) is 9.22. The van der Waals surface area contributed by atoms with Gasteiger partial charge in [-0.2, -0.15) is 0 Å². The molecule has 0 aliphatic carbocycles. The SMILES string of the molecule is CC(=O)OC[C@H]1O[C@@H](OCc2ccccc2)[C@H](OC(C)=O)[C@@H]2OC(C)(C)O[C@@H]21. The Morgan fingerprint density at radius 3 is 2.36 bits per heavy atom. The molecule has 0 amide bonds. The average molecular weight is 394 g/mol. The van der Waals surface area contributed by atoms with Crippen molar-refractivity contribution in [3.8, 4) is 0 Å². The Kier molecular flexibility index (Phi) is 6.34. The van der Waals surface area contributed by atoms with Gasteiger partial charge in [-0.3, -0.25) is 9.59 Å².